The second-order valence-corrected chi connectivity index (χ2v) is 9.09. The van der Waals surface area contributed by atoms with Gasteiger partial charge in [-0.3, -0.25) is 9.59 Å². The van der Waals surface area contributed by atoms with E-state index < -0.39 is 6.04 Å². The van der Waals surface area contributed by atoms with Crippen molar-refractivity contribution in [3.63, 3.8) is 0 Å². The number of amides is 2. The number of hydrogen-bond donors (Lipinski definition) is 1. The Kier molecular flexibility index (Phi) is 9.56. The van der Waals surface area contributed by atoms with Gasteiger partial charge in [0.1, 0.15) is 11.8 Å². The molecule has 2 aromatic carbocycles. The third kappa shape index (κ3) is 7.69. The predicted molar refractivity (Wildman–Crippen MR) is 128 cm³/mol. The smallest absolute Gasteiger partial charge is 0.261 e. The Labute approximate surface area is 194 Å². The number of nitrogens with one attached hydrogen (secondary N) is 1. The number of rotatable bonds is 10. The maximum absolute atomic E-state index is 13.1. The molecule has 6 heteroatoms. The van der Waals surface area contributed by atoms with E-state index in [0.717, 1.165) is 22.0 Å². The fraction of sp³-hybridized carbons (Fsp3) is 0.440. The fourth-order valence-corrected chi connectivity index (χ4v) is 3.69. The first kappa shape index (κ1) is 24.9. The van der Waals surface area contributed by atoms with Gasteiger partial charge in [0, 0.05) is 13.1 Å². The average Bonchev–Trinajstić information content (AvgIpc) is 2.74. The second kappa shape index (κ2) is 11.9. The first-order chi connectivity index (χ1) is 14.7. The van der Waals surface area contributed by atoms with E-state index in [1.54, 1.807) is 11.8 Å². The summed E-state index contributed by atoms with van der Waals surface area (Å²) in [6.07, 6.45) is 0.922. The molecule has 0 aliphatic carbocycles. The topological polar surface area (TPSA) is 58.6 Å². The molecule has 1 N–H and O–H groups in total. The van der Waals surface area contributed by atoms with Crippen molar-refractivity contribution in [3.8, 4) is 5.75 Å². The summed E-state index contributed by atoms with van der Waals surface area (Å²) in [5, 5.41) is 2.93. The van der Waals surface area contributed by atoms with Gasteiger partial charge in [0.2, 0.25) is 5.91 Å². The lowest BCUT2D eigenvalue weighted by Gasteiger charge is -2.29. The zero-order valence-electron chi connectivity index (χ0n) is 19.1. The Hall–Kier alpha value is -2.34. The van der Waals surface area contributed by atoms with Crippen LogP contribution >= 0.6 is 15.9 Å². The molecule has 0 fully saturated rings. The molecule has 0 unspecified atom stereocenters. The Balaban J connectivity index is 2.15. The molecule has 0 heterocycles. The quantitative estimate of drug-likeness (QED) is 0.517. The van der Waals surface area contributed by atoms with Crippen molar-refractivity contribution in [2.24, 2.45) is 5.92 Å². The number of carbonyl (C=O) groups excluding carboxylic acids is 2. The summed E-state index contributed by atoms with van der Waals surface area (Å²) in [6, 6.07) is 13.2. The fourth-order valence-electron chi connectivity index (χ4n) is 3.15. The second-order valence-electron chi connectivity index (χ2n) is 8.23. The number of aryl methyl sites for hydroxylation is 2. The highest BCUT2D eigenvalue weighted by molar-refractivity contribution is 9.10. The van der Waals surface area contributed by atoms with Crippen molar-refractivity contribution in [1.82, 2.24) is 10.2 Å². The van der Waals surface area contributed by atoms with Crippen LogP contribution in [-0.2, 0) is 22.6 Å². The number of benzene rings is 2. The van der Waals surface area contributed by atoms with Gasteiger partial charge in [-0.25, -0.2) is 0 Å². The molecule has 31 heavy (non-hydrogen) atoms. The van der Waals surface area contributed by atoms with Crippen LogP contribution < -0.4 is 10.1 Å². The standard InChI is InChI=1S/C25H33BrN2O3/c1-6-20-10-11-23(22(26)13-20)31-16-24(29)28(15-21-9-7-8-18(4)12-21)19(5)25(30)27-14-17(2)3/h7-13,17,19H,6,14-16H2,1-5H3,(H,27,30)/t19-/m1/s1. The molecule has 0 radical (unpaired) electrons. The van der Waals surface area contributed by atoms with Gasteiger partial charge in [0.25, 0.3) is 5.91 Å². The van der Waals surface area contributed by atoms with Crippen molar-refractivity contribution in [3.05, 3.63) is 63.6 Å². The van der Waals surface area contributed by atoms with E-state index in [1.165, 1.54) is 5.56 Å². The molecule has 0 aliphatic rings. The van der Waals surface area contributed by atoms with Gasteiger partial charge in [-0.1, -0.05) is 56.7 Å². The highest BCUT2D eigenvalue weighted by Gasteiger charge is 2.26. The minimum atomic E-state index is -0.610. The lowest BCUT2D eigenvalue weighted by Crippen LogP contribution is -2.49. The van der Waals surface area contributed by atoms with Gasteiger partial charge < -0.3 is 15.0 Å². The average molecular weight is 489 g/mol. The van der Waals surface area contributed by atoms with Gasteiger partial charge in [0.15, 0.2) is 6.61 Å². The van der Waals surface area contributed by atoms with E-state index in [1.807, 2.05) is 63.2 Å². The molecular formula is C25H33BrN2O3. The number of hydrogen-bond acceptors (Lipinski definition) is 3. The molecular weight excluding hydrogens is 456 g/mol. The van der Waals surface area contributed by atoms with Crippen LogP contribution in [0, 0.1) is 12.8 Å². The highest BCUT2D eigenvalue weighted by atomic mass is 79.9. The van der Waals surface area contributed by atoms with E-state index in [0.29, 0.717) is 24.8 Å². The van der Waals surface area contributed by atoms with Gasteiger partial charge in [-0.05, 0) is 65.4 Å². The Morgan fingerprint density at radius 1 is 1.10 bits per heavy atom. The van der Waals surface area contributed by atoms with Crippen molar-refractivity contribution in [1.29, 1.82) is 0 Å². The normalized spacial score (nSPS) is 11.8. The van der Waals surface area contributed by atoms with Crippen LogP contribution in [-0.4, -0.2) is 35.9 Å². The Morgan fingerprint density at radius 2 is 1.84 bits per heavy atom. The van der Waals surface area contributed by atoms with Crippen molar-refractivity contribution >= 4 is 27.7 Å². The van der Waals surface area contributed by atoms with Gasteiger partial charge in [0.05, 0.1) is 4.47 Å². The molecule has 2 aromatic rings. The molecule has 0 saturated heterocycles. The van der Waals surface area contributed by atoms with E-state index in [4.69, 9.17) is 4.74 Å². The summed E-state index contributed by atoms with van der Waals surface area (Å²) in [6.45, 7) is 10.7. The Bertz CT molecular complexity index is 898. The lowest BCUT2D eigenvalue weighted by atomic mass is 10.1. The highest BCUT2D eigenvalue weighted by Crippen LogP contribution is 2.26. The van der Waals surface area contributed by atoms with E-state index in [9.17, 15) is 9.59 Å². The van der Waals surface area contributed by atoms with Gasteiger partial charge in [-0.15, -0.1) is 0 Å². The molecule has 0 aromatic heterocycles. The zero-order chi connectivity index (χ0) is 23.0. The van der Waals surface area contributed by atoms with Crippen molar-refractivity contribution in [2.75, 3.05) is 13.2 Å². The van der Waals surface area contributed by atoms with Crippen molar-refractivity contribution < 1.29 is 14.3 Å². The van der Waals surface area contributed by atoms with Crippen LogP contribution in [0.4, 0.5) is 0 Å². The molecule has 2 rings (SSSR count). The van der Waals surface area contributed by atoms with Crippen LogP contribution in [0.1, 0.15) is 44.4 Å². The Morgan fingerprint density at radius 3 is 2.45 bits per heavy atom. The first-order valence-electron chi connectivity index (χ1n) is 10.7. The molecule has 0 bridgehead atoms. The monoisotopic (exact) mass is 488 g/mol. The number of halogens is 1. The van der Waals surface area contributed by atoms with Gasteiger partial charge in [-0.2, -0.15) is 0 Å². The minimum absolute atomic E-state index is 0.141. The molecule has 0 saturated carbocycles. The minimum Gasteiger partial charge on any atom is -0.483 e. The van der Waals surface area contributed by atoms with Crippen LogP contribution in [0.3, 0.4) is 0 Å². The summed E-state index contributed by atoms with van der Waals surface area (Å²) >= 11 is 3.51. The van der Waals surface area contributed by atoms with Gasteiger partial charge >= 0.3 is 0 Å². The third-order valence-electron chi connectivity index (χ3n) is 5.04. The molecule has 0 spiro atoms. The maximum atomic E-state index is 13.1. The number of nitrogens with zero attached hydrogens (tertiary/aromatic N) is 1. The maximum Gasteiger partial charge on any atom is 0.261 e. The number of ether oxygens (including phenoxy) is 1. The first-order valence-corrected chi connectivity index (χ1v) is 11.5. The lowest BCUT2D eigenvalue weighted by molar-refractivity contribution is -0.142. The van der Waals surface area contributed by atoms with E-state index in [2.05, 4.69) is 28.2 Å². The zero-order valence-corrected chi connectivity index (χ0v) is 20.7. The summed E-state index contributed by atoms with van der Waals surface area (Å²) in [5.74, 6) is 0.546. The molecule has 0 aliphatic heterocycles. The largest absolute Gasteiger partial charge is 0.483 e. The summed E-state index contributed by atoms with van der Waals surface area (Å²) in [7, 11) is 0. The van der Waals surface area contributed by atoms with Crippen LogP contribution in [0.5, 0.6) is 5.75 Å². The van der Waals surface area contributed by atoms with Crippen LogP contribution in [0.25, 0.3) is 0 Å². The summed E-state index contributed by atoms with van der Waals surface area (Å²) in [4.78, 5) is 27.4. The third-order valence-corrected chi connectivity index (χ3v) is 5.66. The number of carbonyl (C=O) groups is 2. The molecule has 1 atom stereocenters. The molecule has 168 valence electrons. The predicted octanol–water partition coefficient (Wildman–Crippen LogP) is 4.89. The van der Waals surface area contributed by atoms with Crippen molar-refractivity contribution in [2.45, 2.75) is 53.6 Å². The molecule has 2 amide bonds. The SMILES string of the molecule is CCc1ccc(OCC(=O)N(Cc2cccc(C)c2)[C@H](C)C(=O)NCC(C)C)c(Br)c1. The summed E-state index contributed by atoms with van der Waals surface area (Å²) in [5.41, 5.74) is 3.27. The summed E-state index contributed by atoms with van der Waals surface area (Å²) < 4.78 is 6.61. The van der Waals surface area contributed by atoms with E-state index in [-0.39, 0.29) is 18.4 Å². The van der Waals surface area contributed by atoms with E-state index >= 15 is 0 Å². The van der Waals surface area contributed by atoms with Crippen LogP contribution in [0.15, 0.2) is 46.9 Å². The van der Waals surface area contributed by atoms with Crippen LogP contribution in [0.2, 0.25) is 0 Å². The molecule has 5 nitrogen and oxygen atoms in total.